The molecule has 9 heteroatoms. The van der Waals surface area contributed by atoms with Crippen LogP contribution in [-0.2, 0) is 33.3 Å². The summed E-state index contributed by atoms with van der Waals surface area (Å²) in [5.41, 5.74) is 0. The smallest absolute Gasteiger partial charge is 0.361 e. The maximum absolute atomic E-state index is 12.9. The van der Waals surface area contributed by atoms with Gasteiger partial charge in [-0.25, -0.2) is 4.79 Å². The molecule has 0 heterocycles. The van der Waals surface area contributed by atoms with E-state index in [0.717, 1.165) is 103 Å². The fourth-order valence-corrected chi connectivity index (χ4v) is 7.56. The molecule has 0 aliphatic rings. The summed E-state index contributed by atoms with van der Waals surface area (Å²) in [5, 5.41) is 9.70. The number of nitrogens with zero attached hydrogens (tertiary/aromatic N) is 1. The van der Waals surface area contributed by atoms with Gasteiger partial charge in [0.2, 0.25) is 0 Å². The van der Waals surface area contributed by atoms with Crippen molar-refractivity contribution in [2.24, 2.45) is 0 Å². The molecule has 0 aliphatic carbocycles. The second-order valence-corrected chi connectivity index (χ2v) is 20.5. The lowest BCUT2D eigenvalue weighted by Crippen LogP contribution is -2.40. The van der Waals surface area contributed by atoms with Crippen molar-refractivity contribution in [3.63, 3.8) is 0 Å². The average molecular weight is 1070 g/mol. The Morgan fingerprint density at radius 1 is 0.390 bits per heavy atom. The molecular formula is C68H110NO8+. The SMILES string of the molecule is CC/C=C\C/C=C\C/C=C\C/C=C\C/C=C\C/C=C\C/C=C\CCCCCCCCCCCCCCCC(=O)OC(COC(=O)CCC/C=C\C/C=C\C/C=C\C/C=C\C/C=C\CC)COC(OCC[N+](C)(C)C)C(=O)O. The number of carboxylic acids is 1. The van der Waals surface area contributed by atoms with Crippen LogP contribution in [0.2, 0.25) is 0 Å². The standard InChI is InChI=1S/C68H109NO8/c1-6-8-10-12-14-16-18-20-22-24-25-26-27-28-29-30-31-32-33-34-35-36-37-38-39-40-41-43-45-47-49-51-53-55-57-59-66(71)77-64(63-76-68(67(72)73)74-61-60-69(3,4)5)62-75-65(70)58-56-54-52-50-48-46-44-42-23-21-19-17-15-13-11-9-7-2/h8-11,14-17,20-23,25-26,28-29,31-32,34-35,44,46,50,52,64,68H,6-7,12-13,18-19,24,27,30,33,36-43,45,47-49,51,53-63H2,1-5H3/p+1/b10-8-,11-9-,16-14-,17-15-,22-20-,23-21-,26-25-,29-28-,32-31-,35-34-,46-44-,52-50-. The Hall–Kier alpha value is -4.83. The van der Waals surface area contributed by atoms with Crippen LogP contribution in [0.3, 0.4) is 0 Å². The molecule has 0 rings (SSSR count). The Bertz CT molecular complexity index is 1770. The first-order valence-electron chi connectivity index (χ1n) is 30.0. The number of carbonyl (C=O) groups excluding carboxylic acids is 2. The molecule has 0 saturated carbocycles. The largest absolute Gasteiger partial charge is 0.477 e. The van der Waals surface area contributed by atoms with Gasteiger partial charge in [0, 0.05) is 12.8 Å². The molecule has 0 aromatic carbocycles. The van der Waals surface area contributed by atoms with Crippen molar-refractivity contribution in [2.45, 2.75) is 219 Å². The molecule has 0 spiro atoms. The molecule has 0 bridgehead atoms. The number of ether oxygens (including phenoxy) is 4. The predicted molar refractivity (Wildman–Crippen MR) is 327 cm³/mol. The third-order valence-electron chi connectivity index (χ3n) is 12.1. The number of carboxylic acid groups (broad SMARTS) is 1. The van der Waals surface area contributed by atoms with Gasteiger partial charge in [-0.2, -0.15) is 0 Å². The molecule has 0 radical (unpaired) electrons. The van der Waals surface area contributed by atoms with Crippen molar-refractivity contribution in [2.75, 3.05) is 47.5 Å². The number of esters is 2. The number of unbranched alkanes of at least 4 members (excludes halogenated alkanes) is 14. The number of carbonyl (C=O) groups is 3. The molecule has 1 N–H and O–H groups in total. The van der Waals surface area contributed by atoms with Gasteiger partial charge >= 0.3 is 17.9 Å². The maximum Gasteiger partial charge on any atom is 0.361 e. The summed E-state index contributed by atoms with van der Waals surface area (Å²) >= 11 is 0. The first kappa shape index (κ1) is 72.2. The van der Waals surface area contributed by atoms with E-state index in [1.165, 1.54) is 64.2 Å². The zero-order valence-electron chi connectivity index (χ0n) is 49.3. The van der Waals surface area contributed by atoms with Crippen molar-refractivity contribution in [1.82, 2.24) is 0 Å². The number of quaternary nitrogens is 1. The zero-order chi connectivity index (χ0) is 56.2. The second kappa shape index (κ2) is 57.3. The second-order valence-electron chi connectivity index (χ2n) is 20.5. The topological polar surface area (TPSA) is 108 Å². The van der Waals surface area contributed by atoms with E-state index in [-0.39, 0.29) is 32.7 Å². The Morgan fingerprint density at radius 3 is 1.08 bits per heavy atom. The molecule has 0 aromatic heterocycles. The number of rotatable bonds is 53. The van der Waals surface area contributed by atoms with Crippen LogP contribution in [0.25, 0.3) is 0 Å². The molecule has 0 aliphatic heterocycles. The van der Waals surface area contributed by atoms with Crippen LogP contribution in [0.4, 0.5) is 0 Å². The van der Waals surface area contributed by atoms with Gasteiger partial charge in [-0.05, 0) is 109 Å². The van der Waals surface area contributed by atoms with Crippen LogP contribution in [0, 0.1) is 0 Å². The number of allylic oxidation sites excluding steroid dienone is 24. The summed E-state index contributed by atoms with van der Waals surface area (Å²) in [5.74, 6) is -2.10. The summed E-state index contributed by atoms with van der Waals surface area (Å²) in [6.07, 6.45) is 80.9. The first-order chi connectivity index (χ1) is 37.6. The molecule has 0 aromatic rings. The van der Waals surface area contributed by atoms with Gasteiger partial charge in [0.15, 0.2) is 6.10 Å². The lowest BCUT2D eigenvalue weighted by Gasteiger charge is -2.25. The molecule has 2 unspecified atom stereocenters. The molecule has 9 nitrogen and oxygen atoms in total. The van der Waals surface area contributed by atoms with E-state index in [4.69, 9.17) is 18.9 Å². The molecule has 77 heavy (non-hydrogen) atoms. The van der Waals surface area contributed by atoms with Gasteiger partial charge in [0.1, 0.15) is 13.2 Å². The summed E-state index contributed by atoms with van der Waals surface area (Å²) in [4.78, 5) is 37.4. The highest BCUT2D eigenvalue weighted by Crippen LogP contribution is 2.15. The van der Waals surface area contributed by atoms with Gasteiger partial charge in [-0.1, -0.05) is 230 Å². The van der Waals surface area contributed by atoms with Gasteiger partial charge < -0.3 is 28.5 Å². The van der Waals surface area contributed by atoms with Crippen LogP contribution < -0.4 is 0 Å². The number of hydrogen-bond acceptors (Lipinski definition) is 7. The fraction of sp³-hybridized carbons (Fsp3) is 0.603. The molecule has 0 saturated heterocycles. The normalized spacial score (nSPS) is 13.8. The highest BCUT2D eigenvalue weighted by atomic mass is 16.7. The average Bonchev–Trinajstić information content (AvgIpc) is 3.40. The third kappa shape index (κ3) is 58.7. The molecule has 2 atom stereocenters. The lowest BCUT2D eigenvalue weighted by molar-refractivity contribution is -0.870. The Labute approximate surface area is 471 Å². The highest BCUT2D eigenvalue weighted by Gasteiger charge is 2.25. The van der Waals surface area contributed by atoms with Crippen molar-refractivity contribution < 1.29 is 42.9 Å². The molecular weight excluding hydrogens is 959 g/mol. The van der Waals surface area contributed by atoms with Crippen LogP contribution in [0.5, 0.6) is 0 Å². The minimum atomic E-state index is -1.53. The van der Waals surface area contributed by atoms with E-state index >= 15 is 0 Å². The number of likely N-dealkylation sites (N-methyl/N-ethyl adjacent to an activating group) is 1. The van der Waals surface area contributed by atoms with Crippen molar-refractivity contribution in [1.29, 1.82) is 0 Å². The van der Waals surface area contributed by atoms with Gasteiger partial charge in [0.05, 0.1) is 34.4 Å². The van der Waals surface area contributed by atoms with Crippen LogP contribution in [-0.4, -0.2) is 87.4 Å². The fourth-order valence-electron chi connectivity index (χ4n) is 7.56. The maximum atomic E-state index is 12.9. The van der Waals surface area contributed by atoms with Crippen LogP contribution >= 0.6 is 0 Å². The van der Waals surface area contributed by atoms with E-state index in [1.807, 2.05) is 21.1 Å². The van der Waals surface area contributed by atoms with E-state index in [1.54, 1.807) is 0 Å². The van der Waals surface area contributed by atoms with Crippen molar-refractivity contribution in [3.05, 3.63) is 146 Å². The predicted octanol–water partition coefficient (Wildman–Crippen LogP) is 18.0. The van der Waals surface area contributed by atoms with E-state index in [2.05, 4.69) is 160 Å². The quantitative estimate of drug-likeness (QED) is 0.0211. The summed E-state index contributed by atoms with van der Waals surface area (Å²) < 4.78 is 22.8. The number of aliphatic carboxylic acids is 1. The minimum Gasteiger partial charge on any atom is -0.477 e. The van der Waals surface area contributed by atoms with Crippen molar-refractivity contribution >= 4 is 17.9 Å². The Morgan fingerprint density at radius 2 is 0.714 bits per heavy atom. The molecule has 0 amide bonds. The molecule has 0 fully saturated rings. The minimum absolute atomic E-state index is 0.171. The number of hydrogen-bond donors (Lipinski definition) is 1. The lowest BCUT2D eigenvalue weighted by atomic mass is 10.0. The van der Waals surface area contributed by atoms with Crippen LogP contribution in [0.1, 0.15) is 206 Å². The Kier molecular flexibility index (Phi) is 53.8. The summed E-state index contributed by atoms with van der Waals surface area (Å²) in [7, 11) is 5.94. The van der Waals surface area contributed by atoms with Gasteiger partial charge in [0.25, 0.3) is 6.29 Å². The molecule has 434 valence electrons. The van der Waals surface area contributed by atoms with E-state index < -0.39 is 30.3 Å². The van der Waals surface area contributed by atoms with Crippen molar-refractivity contribution in [3.8, 4) is 0 Å². The van der Waals surface area contributed by atoms with Gasteiger partial charge in [-0.15, -0.1) is 0 Å². The highest BCUT2D eigenvalue weighted by molar-refractivity contribution is 5.71. The summed E-state index contributed by atoms with van der Waals surface area (Å²) in [6.45, 7) is 4.56. The van der Waals surface area contributed by atoms with E-state index in [9.17, 15) is 19.5 Å². The summed E-state index contributed by atoms with van der Waals surface area (Å²) in [6, 6.07) is 0. The van der Waals surface area contributed by atoms with Gasteiger partial charge in [-0.3, -0.25) is 9.59 Å². The first-order valence-corrected chi connectivity index (χ1v) is 30.0. The zero-order valence-corrected chi connectivity index (χ0v) is 49.3. The third-order valence-corrected chi connectivity index (χ3v) is 12.1. The Balaban J connectivity index is 4.23. The van der Waals surface area contributed by atoms with E-state index in [0.29, 0.717) is 23.9 Å². The van der Waals surface area contributed by atoms with Crippen LogP contribution in [0.15, 0.2) is 146 Å². The monoisotopic (exact) mass is 1070 g/mol.